The minimum atomic E-state index is 0.530. The molecule has 2 rings (SSSR count). The lowest BCUT2D eigenvalue weighted by atomic mass is 10.1. The van der Waals surface area contributed by atoms with Crippen LogP contribution in [0, 0.1) is 0 Å². The van der Waals surface area contributed by atoms with Crippen LogP contribution in [-0.2, 0) is 0 Å². The van der Waals surface area contributed by atoms with Gasteiger partial charge in [-0.25, -0.2) is 0 Å². The molecule has 1 fully saturated rings. The molecular formula is C11H16ClN3. The molecule has 2 N–H and O–H groups in total. The fourth-order valence-electron chi connectivity index (χ4n) is 1.62. The van der Waals surface area contributed by atoms with Crippen molar-refractivity contribution in [2.45, 2.75) is 6.04 Å². The molecule has 1 aromatic carbocycles. The lowest BCUT2D eigenvalue weighted by Crippen LogP contribution is -2.51. The van der Waals surface area contributed by atoms with Crippen LogP contribution in [0.25, 0.3) is 0 Å². The summed E-state index contributed by atoms with van der Waals surface area (Å²) in [4.78, 5) is 2.09. The van der Waals surface area contributed by atoms with Gasteiger partial charge in [0, 0.05) is 32.2 Å². The molecule has 4 heteroatoms. The number of nitrogens with one attached hydrogen (secondary N) is 2. The molecule has 0 amide bonds. The molecule has 15 heavy (non-hydrogen) atoms. The van der Waals surface area contributed by atoms with E-state index in [1.807, 2.05) is 32.3 Å². The minimum Gasteiger partial charge on any atom is -0.378 e. The lowest BCUT2D eigenvalue weighted by Gasteiger charge is -2.31. The van der Waals surface area contributed by atoms with E-state index < -0.39 is 0 Å². The normalized spacial score (nSPS) is 15.9. The van der Waals surface area contributed by atoms with Gasteiger partial charge in [-0.05, 0) is 18.2 Å². The monoisotopic (exact) mass is 225 g/mol. The third-order valence-electron chi connectivity index (χ3n) is 2.58. The Morgan fingerprint density at radius 3 is 2.67 bits per heavy atom. The van der Waals surface area contributed by atoms with E-state index in [1.165, 1.54) is 5.69 Å². The number of benzene rings is 1. The van der Waals surface area contributed by atoms with E-state index >= 15 is 0 Å². The van der Waals surface area contributed by atoms with E-state index in [9.17, 15) is 0 Å². The Morgan fingerprint density at radius 1 is 1.40 bits per heavy atom. The molecule has 82 valence electrons. The van der Waals surface area contributed by atoms with E-state index in [1.54, 1.807) is 0 Å². The molecule has 0 bridgehead atoms. The molecule has 1 aliphatic rings. The summed E-state index contributed by atoms with van der Waals surface area (Å²) in [5.74, 6) is 0. The maximum absolute atomic E-state index is 5.99. The van der Waals surface area contributed by atoms with Gasteiger partial charge in [-0.15, -0.1) is 0 Å². The van der Waals surface area contributed by atoms with Crippen molar-refractivity contribution in [3.8, 4) is 0 Å². The van der Waals surface area contributed by atoms with E-state index in [0.29, 0.717) is 6.04 Å². The van der Waals surface area contributed by atoms with Crippen LogP contribution in [0.4, 0.5) is 11.4 Å². The van der Waals surface area contributed by atoms with Crippen LogP contribution in [0.2, 0.25) is 5.02 Å². The SMILES string of the molecule is CN(C)c1ccc(Cl)cc1NC1CNC1. The highest BCUT2D eigenvalue weighted by molar-refractivity contribution is 6.31. The molecule has 0 saturated carbocycles. The van der Waals surface area contributed by atoms with Gasteiger partial charge >= 0.3 is 0 Å². The number of halogens is 1. The van der Waals surface area contributed by atoms with Gasteiger partial charge in [-0.3, -0.25) is 0 Å². The van der Waals surface area contributed by atoms with Gasteiger partial charge in [0.05, 0.1) is 17.4 Å². The summed E-state index contributed by atoms with van der Waals surface area (Å²) in [5.41, 5.74) is 2.28. The summed E-state index contributed by atoms with van der Waals surface area (Å²) in [6.07, 6.45) is 0. The summed E-state index contributed by atoms with van der Waals surface area (Å²) in [6, 6.07) is 6.47. The van der Waals surface area contributed by atoms with Crippen molar-refractivity contribution in [1.29, 1.82) is 0 Å². The molecular weight excluding hydrogens is 210 g/mol. The van der Waals surface area contributed by atoms with E-state index in [2.05, 4.69) is 15.5 Å². The molecule has 0 atom stereocenters. The highest BCUT2D eigenvalue weighted by Gasteiger charge is 2.17. The first kappa shape index (κ1) is 10.6. The molecule has 1 heterocycles. The Kier molecular flexibility index (Phi) is 3.03. The predicted octanol–water partition coefficient (Wildman–Crippen LogP) is 1.79. The molecule has 0 spiro atoms. The van der Waals surface area contributed by atoms with Crippen molar-refractivity contribution in [1.82, 2.24) is 5.32 Å². The summed E-state index contributed by atoms with van der Waals surface area (Å²) in [6.45, 7) is 2.05. The molecule has 0 aliphatic carbocycles. The van der Waals surface area contributed by atoms with E-state index in [4.69, 9.17) is 11.6 Å². The second-order valence-corrected chi connectivity index (χ2v) is 4.49. The first-order valence-corrected chi connectivity index (χ1v) is 5.49. The van der Waals surface area contributed by atoms with E-state index in [0.717, 1.165) is 23.8 Å². The molecule has 0 unspecified atom stereocenters. The van der Waals surface area contributed by atoms with Crippen molar-refractivity contribution in [2.24, 2.45) is 0 Å². The Hall–Kier alpha value is -0.930. The summed E-state index contributed by atoms with van der Waals surface area (Å²) >= 11 is 5.99. The Balaban J connectivity index is 2.21. The second kappa shape index (κ2) is 4.29. The average Bonchev–Trinajstić information content (AvgIpc) is 2.11. The van der Waals surface area contributed by atoms with Crippen LogP contribution >= 0.6 is 11.6 Å². The van der Waals surface area contributed by atoms with Gasteiger partial charge in [-0.1, -0.05) is 11.6 Å². The third kappa shape index (κ3) is 2.36. The Bertz CT molecular complexity index is 348. The third-order valence-corrected chi connectivity index (χ3v) is 2.82. The van der Waals surface area contributed by atoms with Crippen molar-refractivity contribution < 1.29 is 0 Å². The molecule has 0 aromatic heterocycles. The van der Waals surface area contributed by atoms with Gasteiger partial charge in [-0.2, -0.15) is 0 Å². The van der Waals surface area contributed by atoms with Crippen LogP contribution in [0.3, 0.4) is 0 Å². The van der Waals surface area contributed by atoms with Crippen LogP contribution in [0.5, 0.6) is 0 Å². The van der Waals surface area contributed by atoms with Crippen LogP contribution in [0.15, 0.2) is 18.2 Å². The quantitative estimate of drug-likeness (QED) is 0.822. The van der Waals surface area contributed by atoms with Crippen molar-refractivity contribution in [3.63, 3.8) is 0 Å². The minimum absolute atomic E-state index is 0.530. The van der Waals surface area contributed by atoms with Crippen LogP contribution in [0.1, 0.15) is 0 Å². The van der Waals surface area contributed by atoms with Gasteiger partial charge in [0.25, 0.3) is 0 Å². The number of nitrogens with zero attached hydrogens (tertiary/aromatic N) is 1. The van der Waals surface area contributed by atoms with Crippen molar-refractivity contribution >= 4 is 23.0 Å². The van der Waals surface area contributed by atoms with Gasteiger partial charge in [0.2, 0.25) is 0 Å². The summed E-state index contributed by atoms with van der Waals surface area (Å²) in [5, 5.41) is 7.49. The maximum atomic E-state index is 5.99. The number of hydrogen-bond donors (Lipinski definition) is 2. The number of rotatable bonds is 3. The molecule has 0 radical (unpaired) electrons. The molecule has 1 aromatic rings. The lowest BCUT2D eigenvalue weighted by molar-refractivity contribution is 0.472. The smallest absolute Gasteiger partial charge is 0.0597 e. The summed E-state index contributed by atoms with van der Waals surface area (Å²) in [7, 11) is 4.07. The van der Waals surface area contributed by atoms with Crippen LogP contribution in [-0.4, -0.2) is 33.2 Å². The van der Waals surface area contributed by atoms with Crippen LogP contribution < -0.4 is 15.5 Å². The molecule has 3 nitrogen and oxygen atoms in total. The van der Waals surface area contributed by atoms with Crippen molar-refractivity contribution in [2.75, 3.05) is 37.4 Å². The highest BCUT2D eigenvalue weighted by atomic mass is 35.5. The molecule has 1 saturated heterocycles. The first-order chi connectivity index (χ1) is 7.16. The predicted molar refractivity (Wildman–Crippen MR) is 66.1 cm³/mol. The Labute approximate surface area is 95.4 Å². The van der Waals surface area contributed by atoms with Crippen molar-refractivity contribution in [3.05, 3.63) is 23.2 Å². The molecule has 1 aliphatic heterocycles. The standard InChI is InChI=1S/C11H16ClN3/c1-15(2)11-4-3-8(12)5-10(11)14-9-6-13-7-9/h3-5,9,13-14H,6-7H2,1-2H3. The average molecular weight is 226 g/mol. The van der Waals surface area contributed by atoms with E-state index in [-0.39, 0.29) is 0 Å². The number of hydrogen-bond acceptors (Lipinski definition) is 3. The highest BCUT2D eigenvalue weighted by Crippen LogP contribution is 2.28. The maximum Gasteiger partial charge on any atom is 0.0597 e. The fraction of sp³-hybridized carbons (Fsp3) is 0.455. The zero-order valence-electron chi connectivity index (χ0n) is 9.05. The fourth-order valence-corrected chi connectivity index (χ4v) is 1.80. The van der Waals surface area contributed by atoms with Gasteiger partial charge < -0.3 is 15.5 Å². The largest absolute Gasteiger partial charge is 0.378 e. The number of anilines is 2. The first-order valence-electron chi connectivity index (χ1n) is 5.11. The van der Waals surface area contributed by atoms with Gasteiger partial charge in [0.15, 0.2) is 0 Å². The van der Waals surface area contributed by atoms with Gasteiger partial charge in [0.1, 0.15) is 0 Å². The Morgan fingerprint density at radius 2 is 2.13 bits per heavy atom. The summed E-state index contributed by atoms with van der Waals surface area (Å²) < 4.78 is 0. The second-order valence-electron chi connectivity index (χ2n) is 4.06. The zero-order chi connectivity index (χ0) is 10.8. The topological polar surface area (TPSA) is 27.3 Å². The zero-order valence-corrected chi connectivity index (χ0v) is 9.80.